The van der Waals surface area contributed by atoms with Crippen molar-refractivity contribution in [2.24, 2.45) is 0 Å². The summed E-state index contributed by atoms with van der Waals surface area (Å²) in [5.74, 6) is -2.51. The van der Waals surface area contributed by atoms with Crippen molar-refractivity contribution in [1.29, 1.82) is 0 Å². The van der Waals surface area contributed by atoms with Crippen LogP contribution in [0.3, 0.4) is 0 Å². The highest BCUT2D eigenvalue weighted by atomic mass is 79.9. The highest BCUT2D eigenvalue weighted by molar-refractivity contribution is 9.10. The second-order valence-corrected chi connectivity index (χ2v) is 3.83. The van der Waals surface area contributed by atoms with Gasteiger partial charge in [-0.1, -0.05) is 22.9 Å². The third-order valence-corrected chi connectivity index (χ3v) is 2.38. The van der Waals surface area contributed by atoms with Crippen LogP contribution in [-0.2, 0) is 16.0 Å². The van der Waals surface area contributed by atoms with Crippen LogP contribution < -0.4 is 5.32 Å². The maximum absolute atomic E-state index is 10.9. The number of carboxylic acids is 1. The molecule has 4 nitrogen and oxygen atoms in total. The summed E-state index contributed by atoms with van der Waals surface area (Å²) in [6, 6.07) is 5.26. The quantitative estimate of drug-likeness (QED) is 0.809. The Hall–Kier alpha value is -1.36. The summed E-state index contributed by atoms with van der Waals surface area (Å²) in [5, 5.41) is 10.8. The van der Waals surface area contributed by atoms with Crippen LogP contribution in [0.25, 0.3) is 0 Å². The predicted octanol–water partition coefficient (Wildman–Crippen LogP) is 2.03. The van der Waals surface area contributed by atoms with Crippen molar-refractivity contribution < 1.29 is 14.7 Å². The number of hydrogen-bond acceptors (Lipinski definition) is 2. The largest absolute Gasteiger partial charge is 0.474 e. The summed E-state index contributed by atoms with van der Waals surface area (Å²) >= 11 is 3.30. The Labute approximate surface area is 95.4 Å². The molecule has 80 valence electrons. The molecule has 15 heavy (non-hydrogen) atoms. The van der Waals surface area contributed by atoms with Crippen molar-refractivity contribution in [2.45, 2.75) is 13.3 Å². The van der Waals surface area contributed by atoms with Crippen molar-refractivity contribution in [1.82, 2.24) is 0 Å². The first-order valence-electron chi connectivity index (χ1n) is 4.37. The first kappa shape index (κ1) is 11.7. The second kappa shape index (κ2) is 4.93. The number of carboxylic acid groups (broad SMARTS) is 1. The lowest BCUT2D eigenvalue weighted by atomic mass is 10.1. The molecule has 0 spiro atoms. The molecular formula is C10H10BrNO3. The third-order valence-electron chi connectivity index (χ3n) is 1.89. The number of benzene rings is 1. The lowest BCUT2D eigenvalue weighted by Gasteiger charge is -2.08. The molecule has 1 amide bonds. The van der Waals surface area contributed by atoms with Crippen LogP contribution in [0.4, 0.5) is 5.69 Å². The Morgan fingerprint density at radius 3 is 2.67 bits per heavy atom. The Bertz CT molecular complexity index is 404. The normalized spacial score (nSPS) is 9.73. The van der Waals surface area contributed by atoms with Crippen LogP contribution in [-0.4, -0.2) is 17.0 Å². The summed E-state index contributed by atoms with van der Waals surface area (Å²) in [6.07, 6.45) is 0.717. The van der Waals surface area contributed by atoms with Crippen LogP contribution in [0.1, 0.15) is 12.5 Å². The number of carbonyl (C=O) groups is 2. The first-order valence-corrected chi connectivity index (χ1v) is 5.16. The van der Waals surface area contributed by atoms with Gasteiger partial charge >= 0.3 is 11.9 Å². The summed E-state index contributed by atoms with van der Waals surface area (Å²) in [7, 11) is 0. The molecule has 0 atom stereocenters. The molecule has 0 unspecified atom stereocenters. The first-order chi connectivity index (χ1) is 7.04. The van der Waals surface area contributed by atoms with Gasteiger partial charge < -0.3 is 10.4 Å². The number of amides is 1. The van der Waals surface area contributed by atoms with Gasteiger partial charge in [-0.05, 0) is 30.2 Å². The molecule has 0 fully saturated rings. The van der Waals surface area contributed by atoms with E-state index in [-0.39, 0.29) is 0 Å². The van der Waals surface area contributed by atoms with Crippen LogP contribution >= 0.6 is 15.9 Å². The van der Waals surface area contributed by atoms with Gasteiger partial charge in [-0.15, -0.1) is 0 Å². The summed E-state index contributed by atoms with van der Waals surface area (Å²) in [4.78, 5) is 21.3. The van der Waals surface area contributed by atoms with Crippen LogP contribution in [0.5, 0.6) is 0 Å². The molecule has 1 aromatic rings. The molecule has 0 aliphatic carbocycles. The van der Waals surface area contributed by atoms with E-state index in [2.05, 4.69) is 21.2 Å². The van der Waals surface area contributed by atoms with Gasteiger partial charge in [0.1, 0.15) is 0 Å². The minimum Gasteiger partial charge on any atom is -0.474 e. The van der Waals surface area contributed by atoms with Crippen molar-refractivity contribution in [3.05, 3.63) is 28.2 Å². The van der Waals surface area contributed by atoms with Crippen molar-refractivity contribution in [3.63, 3.8) is 0 Å². The van der Waals surface area contributed by atoms with Crippen LogP contribution in [0.2, 0.25) is 0 Å². The molecule has 0 saturated heterocycles. The number of hydrogen-bond donors (Lipinski definition) is 2. The van der Waals surface area contributed by atoms with Gasteiger partial charge in [-0.25, -0.2) is 4.79 Å². The van der Waals surface area contributed by atoms with E-state index in [0.717, 1.165) is 10.0 Å². The van der Waals surface area contributed by atoms with E-state index in [0.29, 0.717) is 12.1 Å². The molecule has 5 heteroatoms. The van der Waals surface area contributed by atoms with Gasteiger partial charge in [0.05, 0.1) is 0 Å². The number of halogens is 1. The zero-order chi connectivity index (χ0) is 11.4. The lowest BCUT2D eigenvalue weighted by Crippen LogP contribution is -2.22. The molecular weight excluding hydrogens is 262 g/mol. The highest BCUT2D eigenvalue weighted by Crippen LogP contribution is 2.21. The SMILES string of the molecule is CCc1cc(Br)ccc1NC(=O)C(=O)O. The molecule has 0 aliphatic heterocycles. The van der Waals surface area contributed by atoms with E-state index in [4.69, 9.17) is 5.11 Å². The molecule has 0 aliphatic rings. The number of aliphatic carboxylic acids is 1. The lowest BCUT2D eigenvalue weighted by molar-refractivity contribution is -0.147. The maximum Gasteiger partial charge on any atom is 0.394 e. The monoisotopic (exact) mass is 271 g/mol. The smallest absolute Gasteiger partial charge is 0.394 e. The fraction of sp³-hybridized carbons (Fsp3) is 0.200. The molecule has 0 heterocycles. The Morgan fingerprint density at radius 2 is 2.13 bits per heavy atom. The number of rotatable bonds is 2. The van der Waals surface area contributed by atoms with E-state index in [1.54, 1.807) is 12.1 Å². The second-order valence-electron chi connectivity index (χ2n) is 2.91. The summed E-state index contributed by atoms with van der Waals surface area (Å²) in [6.45, 7) is 1.93. The molecule has 0 aromatic heterocycles. The standard InChI is InChI=1S/C10H10BrNO3/c1-2-6-5-7(11)3-4-8(6)12-9(13)10(14)15/h3-5H,2H2,1H3,(H,12,13)(H,14,15). The van der Waals surface area contributed by atoms with Gasteiger partial charge in [0.2, 0.25) is 0 Å². The zero-order valence-corrected chi connectivity index (χ0v) is 9.67. The summed E-state index contributed by atoms with van der Waals surface area (Å²) < 4.78 is 0.896. The van der Waals surface area contributed by atoms with Crippen LogP contribution in [0.15, 0.2) is 22.7 Å². The average molecular weight is 272 g/mol. The highest BCUT2D eigenvalue weighted by Gasteiger charge is 2.12. The van der Waals surface area contributed by atoms with E-state index in [1.807, 2.05) is 13.0 Å². The fourth-order valence-electron chi connectivity index (χ4n) is 1.15. The van der Waals surface area contributed by atoms with Gasteiger partial charge in [0, 0.05) is 10.2 Å². The molecule has 2 N–H and O–H groups in total. The van der Waals surface area contributed by atoms with E-state index in [9.17, 15) is 9.59 Å². The summed E-state index contributed by atoms with van der Waals surface area (Å²) in [5.41, 5.74) is 1.42. The van der Waals surface area contributed by atoms with Crippen molar-refractivity contribution in [3.8, 4) is 0 Å². The predicted molar refractivity (Wildman–Crippen MR) is 59.8 cm³/mol. The van der Waals surface area contributed by atoms with Crippen LogP contribution in [0, 0.1) is 0 Å². The Morgan fingerprint density at radius 1 is 1.47 bits per heavy atom. The molecule has 1 rings (SSSR count). The molecule has 0 radical (unpaired) electrons. The minimum atomic E-state index is -1.49. The van der Waals surface area contributed by atoms with E-state index < -0.39 is 11.9 Å². The zero-order valence-electron chi connectivity index (χ0n) is 8.08. The van der Waals surface area contributed by atoms with E-state index in [1.165, 1.54) is 0 Å². The van der Waals surface area contributed by atoms with Gasteiger partial charge in [-0.2, -0.15) is 0 Å². The number of nitrogens with one attached hydrogen (secondary N) is 1. The third kappa shape index (κ3) is 3.06. The van der Waals surface area contributed by atoms with Gasteiger partial charge in [0.25, 0.3) is 0 Å². The number of aryl methyl sites for hydroxylation is 1. The Balaban J connectivity index is 2.94. The van der Waals surface area contributed by atoms with E-state index >= 15 is 0 Å². The maximum atomic E-state index is 10.9. The van der Waals surface area contributed by atoms with Gasteiger partial charge in [0.15, 0.2) is 0 Å². The molecule has 1 aromatic carbocycles. The minimum absolute atomic E-state index is 0.535. The average Bonchev–Trinajstić information content (AvgIpc) is 2.20. The number of anilines is 1. The van der Waals surface area contributed by atoms with Crippen molar-refractivity contribution >= 4 is 33.5 Å². The topological polar surface area (TPSA) is 66.4 Å². The fourth-order valence-corrected chi connectivity index (χ4v) is 1.56. The molecule has 0 bridgehead atoms. The Kier molecular flexibility index (Phi) is 3.85. The molecule has 0 saturated carbocycles. The van der Waals surface area contributed by atoms with Crippen molar-refractivity contribution in [2.75, 3.05) is 5.32 Å². The number of carbonyl (C=O) groups excluding carboxylic acids is 1. The van der Waals surface area contributed by atoms with Gasteiger partial charge in [-0.3, -0.25) is 4.79 Å².